The Labute approximate surface area is 123 Å². The van der Waals surface area contributed by atoms with Crippen molar-refractivity contribution in [3.63, 3.8) is 0 Å². The first-order chi connectivity index (χ1) is 10.1. The highest BCUT2D eigenvalue weighted by atomic mass is 16.5. The van der Waals surface area contributed by atoms with Crippen LogP contribution in [0.4, 0.5) is 11.4 Å². The molecule has 112 valence electrons. The number of nitrogens with two attached hydrogens (primary N) is 2. The summed E-state index contributed by atoms with van der Waals surface area (Å²) in [6.07, 6.45) is 1.12. The third-order valence-electron chi connectivity index (χ3n) is 3.17. The van der Waals surface area contributed by atoms with Crippen molar-refractivity contribution < 1.29 is 14.9 Å². The Kier molecular flexibility index (Phi) is 5.03. The number of nitrogen functional groups attached to an aromatic ring is 2. The van der Waals surface area contributed by atoms with Gasteiger partial charge in [-0.2, -0.15) is 0 Å². The van der Waals surface area contributed by atoms with Crippen LogP contribution in [0.3, 0.4) is 0 Å². The van der Waals surface area contributed by atoms with Crippen LogP contribution in [0, 0.1) is 0 Å². The van der Waals surface area contributed by atoms with Crippen molar-refractivity contribution in [1.29, 1.82) is 0 Å². The fourth-order valence-electron chi connectivity index (χ4n) is 2.07. The summed E-state index contributed by atoms with van der Waals surface area (Å²) in [7, 11) is 0. The second kappa shape index (κ2) is 6.97. The molecule has 0 amide bonds. The van der Waals surface area contributed by atoms with Crippen molar-refractivity contribution in [1.82, 2.24) is 0 Å². The van der Waals surface area contributed by atoms with Gasteiger partial charge in [0.2, 0.25) is 0 Å². The van der Waals surface area contributed by atoms with Gasteiger partial charge in [-0.1, -0.05) is 12.1 Å². The number of anilines is 2. The molecule has 0 aliphatic rings. The zero-order chi connectivity index (χ0) is 15.2. The summed E-state index contributed by atoms with van der Waals surface area (Å²) < 4.78 is 5.73. The van der Waals surface area contributed by atoms with E-state index in [2.05, 4.69) is 0 Å². The average molecular weight is 288 g/mol. The molecule has 0 unspecified atom stereocenters. The number of hydrogen-bond acceptors (Lipinski definition) is 5. The maximum atomic E-state index is 8.91. The van der Waals surface area contributed by atoms with Gasteiger partial charge in [-0.15, -0.1) is 0 Å². The number of rotatable bonds is 6. The fourth-order valence-corrected chi connectivity index (χ4v) is 2.07. The number of hydrogen-bond donors (Lipinski definition) is 4. The van der Waals surface area contributed by atoms with Gasteiger partial charge >= 0.3 is 0 Å². The van der Waals surface area contributed by atoms with Crippen molar-refractivity contribution in [3.8, 4) is 11.5 Å². The molecule has 5 nitrogen and oxygen atoms in total. The maximum absolute atomic E-state index is 8.91. The van der Waals surface area contributed by atoms with E-state index >= 15 is 0 Å². The Bertz CT molecular complexity index is 561. The SMILES string of the molecule is Nc1cc(CCO)ccc1Oc1ccc(CCO)cc1N. The Morgan fingerprint density at radius 2 is 1.19 bits per heavy atom. The lowest BCUT2D eigenvalue weighted by Crippen LogP contribution is -1.99. The van der Waals surface area contributed by atoms with Crippen LogP contribution >= 0.6 is 0 Å². The van der Waals surface area contributed by atoms with Gasteiger partial charge in [-0.25, -0.2) is 0 Å². The van der Waals surface area contributed by atoms with Gasteiger partial charge in [-0.3, -0.25) is 0 Å². The lowest BCUT2D eigenvalue weighted by Gasteiger charge is -2.12. The summed E-state index contributed by atoms with van der Waals surface area (Å²) in [6, 6.07) is 10.8. The third kappa shape index (κ3) is 3.87. The summed E-state index contributed by atoms with van der Waals surface area (Å²) in [6.45, 7) is 0.165. The van der Waals surface area contributed by atoms with E-state index in [1.807, 2.05) is 12.1 Å². The number of aliphatic hydroxyl groups is 2. The molecule has 21 heavy (non-hydrogen) atoms. The molecule has 2 rings (SSSR count). The average Bonchev–Trinajstić information content (AvgIpc) is 2.45. The van der Waals surface area contributed by atoms with Crippen molar-refractivity contribution >= 4 is 11.4 Å². The molecular formula is C16H20N2O3. The van der Waals surface area contributed by atoms with Crippen molar-refractivity contribution in [2.24, 2.45) is 0 Å². The van der Waals surface area contributed by atoms with Gasteiger partial charge < -0.3 is 26.4 Å². The summed E-state index contributed by atoms with van der Waals surface area (Å²) in [4.78, 5) is 0. The Morgan fingerprint density at radius 1 is 0.762 bits per heavy atom. The van der Waals surface area contributed by atoms with Gasteiger partial charge in [0, 0.05) is 13.2 Å². The van der Waals surface area contributed by atoms with Crippen molar-refractivity contribution in [3.05, 3.63) is 47.5 Å². The molecule has 0 aliphatic heterocycles. The molecular weight excluding hydrogens is 268 g/mol. The Hall–Kier alpha value is -2.24. The molecule has 0 aliphatic carbocycles. The third-order valence-corrected chi connectivity index (χ3v) is 3.17. The second-order valence-electron chi connectivity index (χ2n) is 4.79. The highest BCUT2D eigenvalue weighted by molar-refractivity contribution is 5.60. The first-order valence-electron chi connectivity index (χ1n) is 6.80. The van der Waals surface area contributed by atoms with E-state index in [4.69, 9.17) is 26.4 Å². The predicted molar refractivity (Wildman–Crippen MR) is 83.4 cm³/mol. The van der Waals surface area contributed by atoms with Crippen molar-refractivity contribution in [2.75, 3.05) is 24.7 Å². The minimum atomic E-state index is 0.0823. The maximum Gasteiger partial charge on any atom is 0.150 e. The largest absolute Gasteiger partial charge is 0.453 e. The first kappa shape index (κ1) is 15.2. The molecule has 5 heteroatoms. The standard InChI is InChI=1S/C16H20N2O3/c17-13-9-11(5-7-19)1-3-15(13)21-16-4-2-12(6-8-20)10-14(16)18/h1-4,9-10,19-20H,5-8,17-18H2. The van der Waals surface area contributed by atoms with Crippen LogP contribution in [0.1, 0.15) is 11.1 Å². The molecule has 0 saturated heterocycles. The van der Waals surface area contributed by atoms with Gasteiger partial charge in [0.15, 0.2) is 0 Å². The van der Waals surface area contributed by atoms with Gasteiger partial charge in [-0.05, 0) is 48.2 Å². The molecule has 0 radical (unpaired) electrons. The molecule has 2 aromatic rings. The van der Waals surface area contributed by atoms with Crippen LogP contribution in [-0.2, 0) is 12.8 Å². The molecule has 0 heterocycles. The van der Waals surface area contributed by atoms with Crippen molar-refractivity contribution in [2.45, 2.75) is 12.8 Å². The molecule has 2 aromatic carbocycles. The number of benzene rings is 2. The van der Waals surface area contributed by atoms with E-state index in [9.17, 15) is 0 Å². The van der Waals surface area contributed by atoms with E-state index in [1.165, 1.54) is 0 Å². The zero-order valence-corrected chi connectivity index (χ0v) is 11.7. The lowest BCUT2D eigenvalue weighted by molar-refractivity contribution is 0.299. The topological polar surface area (TPSA) is 102 Å². The fraction of sp³-hybridized carbons (Fsp3) is 0.250. The molecule has 0 spiro atoms. The molecule has 6 N–H and O–H groups in total. The quantitative estimate of drug-likeness (QED) is 0.606. The Balaban J connectivity index is 2.18. The summed E-state index contributed by atoms with van der Waals surface area (Å²) in [5.74, 6) is 1.05. The number of ether oxygens (including phenoxy) is 1. The monoisotopic (exact) mass is 288 g/mol. The van der Waals surface area contributed by atoms with E-state index < -0.39 is 0 Å². The Morgan fingerprint density at radius 3 is 1.52 bits per heavy atom. The minimum Gasteiger partial charge on any atom is -0.453 e. The molecule has 0 aromatic heterocycles. The molecule has 0 fully saturated rings. The van der Waals surface area contributed by atoms with E-state index in [0.717, 1.165) is 11.1 Å². The highest BCUT2D eigenvalue weighted by Gasteiger charge is 2.07. The minimum absolute atomic E-state index is 0.0823. The van der Waals surface area contributed by atoms with E-state index in [0.29, 0.717) is 35.7 Å². The molecule has 0 saturated carbocycles. The predicted octanol–water partition coefficient (Wildman–Crippen LogP) is 1.71. The van der Waals surface area contributed by atoms with Crippen LogP contribution in [-0.4, -0.2) is 23.4 Å². The van der Waals surface area contributed by atoms with Crippen LogP contribution in [0.15, 0.2) is 36.4 Å². The number of aliphatic hydroxyl groups excluding tert-OH is 2. The van der Waals surface area contributed by atoms with Gasteiger partial charge in [0.1, 0.15) is 11.5 Å². The summed E-state index contributed by atoms with van der Waals surface area (Å²) in [5, 5.41) is 17.8. The van der Waals surface area contributed by atoms with E-state index in [-0.39, 0.29) is 13.2 Å². The first-order valence-corrected chi connectivity index (χ1v) is 6.80. The van der Waals surface area contributed by atoms with Crippen LogP contribution in [0.2, 0.25) is 0 Å². The summed E-state index contributed by atoms with van der Waals surface area (Å²) in [5.41, 5.74) is 14.8. The second-order valence-corrected chi connectivity index (χ2v) is 4.79. The lowest BCUT2D eigenvalue weighted by atomic mass is 10.1. The van der Waals surface area contributed by atoms with Gasteiger partial charge in [0.25, 0.3) is 0 Å². The molecule has 0 bridgehead atoms. The van der Waals surface area contributed by atoms with Crippen LogP contribution < -0.4 is 16.2 Å². The highest BCUT2D eigenvalue weighted by Crippen LogP contribution is 2.32. The smallest absolute Gasteiger partial charge is 0.150 e. The van der Waals surface area contributed by atoms with Gasteiger partial charge in [0.05, 0.1) is 11.4 Å². The van der Waals surface area contributed by atoms with Crippen LogP contribution in [0.5, 0.6) is 11.5 Å². The zero-order valence-electron chi connectivity index (χ0n) is 11.7. The van der Waals surface area contributed by atoms with Crippen LogP contribution in [0.25, 0.3) is 0 Å². The molecule has 0 atom stereocenters. The normalized spacial score (nSPS) is 10.6. The van der Waals surface area contributed by atoms with E-state index in [1.54, 1.807) is 24.3 Å². The summed E-state index contributed by atoms with van der Waals surface area (Å²) >= 11 is 0.